The SMILES string of the molecule is CC1=C(c2ccccc2)C(=O)NC(C)(N=Nc2ncccn2)N1. The molecule has 0 spiro atoms. The van der Waals surface area contributed by atoms with Crippen molar-refractivity contribution in [2.75, 3.05) is 0 Å². The molecule has 7 nitrogen and oxygen atoms in total. The molecule has 0 fully saturated rings. The number of aromatic nitrogens is 2. The molecule has 7 heteroatoms. The van der Waals surface area contributed by atoms with Crippen LogP contribution in [-0.4, -0.2) is 21.7 Å². The molecule has 1 aromatic carbocycles. The highest BCUT2D eigenvalue weighted by Crippen LogP contribution is 2.24. The Morgan fingerprint density at radius 3 is 2.39 bits per heavy atom. The van der Waals surface area contributed by atoms with Crippen LogP contribution in [0.3, 0.4) is 0 Å². The summed E-state index contributed by atoms with van der Waals surface area (Å²) >= 11 is 0. The Kier molecular flexibility index (Phi) is 3.84. The van der Waals surface area contributed by atoms with Gasteiger partial charge in [-0.15, -0.1) is 10.2 Å². The second-order valence-electron chi connectivity index (χ2n) is 5.27. The summed E-state index contributed by atoms with van der Waals surface area (Å²) < 4.78 is 0. The number of nitrogens with zero attached hydrogens (tertiary/aromatic N) is 4. The molecule has 0 bridgehead atoms. The zero-order valence-corrected chi connectivity index (χ0v) is 12.8. The molecule has 0 saturated carbocycles. The summed E-state index contributed by atoms with van der Waals surface area (Å²) in [4.78, 5) is 20.4. The van der Waals surface area contributed by atoms with Gasteiger partial charge in [-0.25, -0.2) is 9.97 Å². The van der Waals surface area contributed by atoms with Crippen LogP contribution < -0.4 is 10.6 Å². The number of carbonyl (C=O) groups excluding carboxylic acids is 1. The molecule has 1 unspecified atom stereocenters. The van der Waals surface area contributed by atoms with Crippen LogP contribution in [-0.2, 0) is 4.79 Å². The van der Waals surface area contributed by atoms with Gasteiger partial charge >= 0.3 is 0 Å². The first-order valence-corrected chi connectivity index (χ1v) is 7.14. The summed E-state index contributed by atoms with van der Waals surface area (Å²) in [6.45, 7) is 3.57. The zero-order chi connectivity index (χ0) is 16.3. The molecule has 2 N–H and O–H groups in total. The molecule has 0 aliphatic carbocycles. The normalized spacial score (nSPS) is 21.2. The maximum absolute atomic E-state index is 12.5. The van der Waals surface area contributed by atoms with Crippen LogP contribution in [0.1, 0.15) is 19.4 Å². The lowest BCUT2D eigenvalue weighted by Crippen LogP contribution is -2.58. The molecule has 1 amide bonds. The van der Waals surface area contributed by atoms with Crippen LogP contribution in [0.25, 0.3) is 5.57 Å². The van der Waals surface area contributed by atoms with Crippen LogP contribution in [0, 0.1) is 0 Å². The Morgan fingerprint density at radius 1 is 1.04 bits per heavy atom. The minimum Gasteiger partial charge on any atom is -0.346 e. The molecule has 1 aliphatic rings. The first-order chi connectivity index (χ1) is 11.1. The Hall–Kier alpha value is -3.09. The van der Waals surface area contributed by atoms with Crippen molar-refractivity contribution in [2.45, 2.75) is 19.6 Å². The van der Waals surface area contributed by atoms with Gasteiger partial charge in [0.05, 0.1) is 5.57 Å². The van der Waals surface area contributed by atoms with Crippen molar-refractivity contribution in [3.63, 3.8) is 0 Å². The van der Waals surface area contributed by atoms with Gasteiger partial charge in [-0.05, 0) is 18.6 Å². The summed E-state index contributed by atoms with van der Waals surface area (Å²) in [5.41, 5.74) is 2.17. The average molecular weight is 308 g/mol. The third kappa shape index (κ3) is 3.23. The van der Waals surface area contributed by atoms with E-state index in [2.05, 4.69) is 30.8 Å². The molecule has 116 valence electrons. The molecular weight excluding hydrogens is 292 g/mol. The van der Waals surface area contributed by atoms with Crippen molar-refractivity contribution in [3.05, 3.63) is 60.1 Å². The summed E-state index contributed by atoms with van der Waals surface area (Å²) in [5, 5.41) is 14.1. The highest BCUT2D eigenvalue weighted by molar-refractivity contribution is 6.21. The summed E-state index contributed by atoms with van der Waals surface area (Å²) in [6, 6.07) is 11.2. The lowest BCUT2D eigenvalue weighted by molar-refractivity contribution is -0.118. The second kappa shape index (κ2) is 5.96. The van der Waals surface area contributed by atoms with Crippen LogP contribution >= 0.6 is 0 Å². The lowest BCUT2D eigenvalue weighted by atomic mass is 10.0. The van der Waals surface area contributed by atoms with Gasteiger partial charge in [-0.2, -0.15) is 0 Å². The van der Waals surface area contributed by atoms with Crippen molar-refractivity contribution in [1.82, 2.24) is 20.6 Å². The van der Waals surface area contributed by atoms with E-state index in [1.165, 1.54) is 0 Å². The largest absolute Gasteiger partial charge is 0.346 e. The van der Waals surface area contributed by atoms with Gasteiger partial charge in [0.1, 0.15) is 0 Å². The summed E-state index contributed by atoms with van der Waals surface area (Å²) in [7, 11) is 0. The summed E-state index contributed by atoms with van der Waals surface area (Å²) in [6.07, 6.45) is 3.16. The van der Waals surface area contributed by atoms with Crippen molar-refractivity contribution in [3.8, 4) is 0 Å². The number of hydrogen-bond acceptors (Lipinski definition) is 6. The molecule has 1 atom stereocenters. The number of benzene rings is 1. The predicted molar refractivity (Wildman–Crippen MR) is 85.3 cm³/mol. The van der Waals surface area contributed by atoms with Crippen LogP contribution in [0.4, 0.5) is 5.95 Å². The zero-order valence-electron chi connectivity index (χ0n) is 12.8. The first-order valence-electron chi connectivity index (χ1n) is 7.14. The monoisotopic (exact) mass is 308 g/mol. The minimum atomic E-state index is -1.04. The van der Waals surface area contributed by atoms with E-state index < -0.39 is 5.79 Å². The van der Waals surface area contributed by atoms with Gasteiger partial charge in [0, 0.05) is 25.0 Å². The molecule has 23 heavy (non-hydrogen) atoms. The van der Waals surface area contributed by atoms with E-state index in [4.69, 9.17) is 0 Å². The van der Waals surface area contributed by atoms with E-state index in [0.29, 0.717) is 5.57 Å². The van der Waals surface area contributed by atoms with Crippen molar-refractivity contribution >= 4 is 17.4 Å². The molecule has 0 saturated heterocycles. The molecule has 2 aromatic rings. The van der Waals surface area contributed by atoms with Gasteiger partial charge < -0.3 is 10.6 Å². The maximum atomic E-state index is 12.5. The van der Waals surface area contributed by atoms with Crippen LogP contribution in [0.5, 0.6) is 0 Å². The number of carbonyl (C=O) groups is 1. The van der Waals surface area contributed by atoms with Crippen molar-refractivity contribution in [1.29, 1.82) is 0 Å². The van der Waals surface area contributed by atoms with E-state index >= 15 is 0 Å². The van der Waals surface area contributed by atoms with Crippen molar-refractivity contribution < 1.29 is 4.79 Å². The third-order valence-electron chi connectivity index (χ3n) is 3.34. The minimum absolute atomic E-state index is 0.206. The van der Waals surface area contributed by atoms with Crippen LogP contribution in [0.15, 0.2) is 64.7 Å². The maximum Gasteiger partial charge on any atom is 0.268 e. The molecule has 1 aromatic heterocycles. The van der Waals surface area contributed by atoms with E-state index in [9.17, 15) is 4.79 Å². The predicted octanol–water partition coefficient (Wildman–Crippen LogP) is 2.38. The molecule has 3 rings (SSSR count). The fourth-order valence-corrected chi connectivity index (χ4v) is 2.40. The van der Waals surface area contributed by atoms with Crippen LogP contribution in [0.2, 0.25) is 0 Å². The number of hydrogen-bond donors (Lipinski definition) is 2. The topological polar surface area (TPSA) is 91.6 Å². The Morgan fingerprint density at radius 2 is 1.74 bits per heavy atom. The third-order valence-corrected chi connectivity index (χ3v) is 3.34. The van der Waals surface area contributed by atoms with Gasteiger partial charge in [0.2, 0.25) is 5.79 Å². The second-order valence-corrected chi connectivity index (χ2v) is 5.27. The molecule has 2 heterocycles. The quantitative estimate of drug-likeness (QED) is 0.852. The van der Waals surface area contributed by atoms with Gasteiger partial charge in [0.25, 0.3) is 11.9 Å². The molecule has 1 aliphatic heterocycles. The average Bonchev–Trinajstić information content (AvgIpc) is 2.54. The van der Waals surface area contributed by atoms with E-state index in [1.54, 1.807) is 25.4 Å². The lowest BCUT2D eigenvalue weighted by Gasteiger charge is -2.33. The number of rotatable bonds is 3. The number of amides is 1. The van der Waals surface area contributed by atoms with E-state index in [0.717, 1.165) is 11.3 Å². The van der Waals surface area contributed by atoms with E-state index in [1.807, 2.05) is 37.3 Å². The fraction of sp³-hybridized carbons (Fsp3) is 0.188. The van der Waals surface area contributed by atoms with Gasteiger partial charge in [-0.3, -0.25) is 4.79 Å². The van der Waals surface area contributed by atoms with E-state index in [-0.39, 0.29) is 11.9 Å². The Bertz CT molecular complexity index is 772. The first kappa shape index (κ1) is 14.8. The standard InChI is InChI=1S/C16H16N6O/c1-11-13(12-7-4-3-5-8-12)14(23)20-16(2,19-11)22-21-15-17-9-6-10-18-15/h3-10,19H,1-2H3,(H,20,23). The number of allylic oxidation sites excluding steroid dienone is 1. The fourth-order valence-electron chi connectivity index (χ4n) is 2.40. The van der Waals surface area contributed by atoms with Gasteiger partial charge in [-0.1, -0.05) is 30.3 Å². The highest BCUT2D eigenvalue weighted by atomic mass is 16.2. The number of azo groups is 1. The number of nitrogens with one attached hydrogen (secondary N) is 2. The Balaban J connectivity index is 1.87. The molecular formula is C16H16N6O. The Labute approximate surface area is 133 Å². The van der Waals surface area contributed by atoms with Gasteiger partial charge in [0.15, 0.2) is 0 Å². The van der Waals surface area contributed by atoms with Crippen molar-refractivity contribution in [2.24, 2.45) is 10.2 Å². The highest BCUT2D eigenvalue weighted by Gasteiger charge is 2.34. The molecule has 0 radical (unpaired) electrons. The summed E-state index contributed by atoms with van der Waals surface area (Å²) in [5.74, 6) is -1.01. The smallest absolute Gasteiger partial charge is 0.268 e.